The number of aromatic nitrogens is 5. The van der Waals surface area contributed by atoms with Gasteiger partial charge >= 0.3 is 5.97 Å². The van der Waals surface area contributed by atoms with Gasteiger partial charge in [-0.25, -0.2) is 9.78 Å². The van der Waals surface area contributed by atoms with E-state index in [-0.39, 0.29) is 11.5 Å². The molecule has 3 aromatic rings. The lowest BCUT2D eigenvalue weighted by Gasteiger charge is -2.10. The van der Waals surface area contributed by atoms with Crippen molar-refractivity contribution in [2.24, 2.45) is 0 Å². The summed E-state index contributed by atoms with van der Waals surface area (Å²) >= 11 is 1.32. The van der Waals surface area contributed by atoms with Gasteiger partial charge in [-0.3, -0.25) is 14.2 Å². The van der Waals surface area contributed by atoms with Crippen molar-refractivity contribution in [3.05, 3.63) is 35.2 Å². The van der Waals surface area contributed by atoms with Crippen molar-refractivity contribution in [1.82, 2.24) is 24.5 Å². The van der Waals surface area contributed by atoms with Crippen LogP contribution in [0.2, 0.25) is 0 Å². The number of thiazole rings is 1. The van der Waals surface area contributed by atoms with Gasteiger partial charge in [0.1, 0.15) is 6.04 Å². The number of hydrogen-bond acceptors (Lipinski definition) is 6. The molecule has 26 heavy (non-hydrogen) atoms. The van der Waals surface area contributed by atoms with Crippen molar-refractivity contribution in [3.8, 4) is 11.3 Å². The highest BCUT2D eigenvalue weighted by Crippen LogP contribution is 2.27. The Bertz CT molecular complexity index is 957. The highest BCUT2D eigenvalue weighted by atomic mass is 32.1. The summed E-state index contributed by atoms with van der Waals surface area (Å²) < 4.78 is 3.14. The van der Waals surface area contributed by atoms with Crippen molar-refractivity contribution in [1.29, 1.82) is 0 Å². The van der Waals surface area contributed by atoms with Crippen molar-refractivity contribution < 1.29 is 14.7 Å². The number of carbonyl (C=O) groups excluding carboxylic acids is 1. The summed E-state index contributed by atoms with van der Waals surface area (Å²) in [5.41, 5.74) is 2.59. The lowest BCUT2D eigenvalue weighted by atomic mass is 10.2. The minimum atomic E-state index is -1.09. The van der Waals surface area contributed by atoms with E-state index >= 15 is 0 Å². The van der Waals surface area contributed by atoms with E-state index in [1.807, 2.05) is 30.1 Å². The zero-order valence-electron chi connectivity index (χ0n) is 14.5. The summed E-state index contributed by atoms with van der Waals surface area (Å²) in [6, 6.07) is -0.667. The van der Waals surface area contributed by atoms with Gasteiger partial charge in [-0.15, -0.1) is 11.3 Å². The molecule has 0 saturated heterocycles. The Labute approximate surface area is 153 Å². The van der Waals surface area contributed by atoms with Gasteiger partial charge in [-0.2, -0.15) is 10.2 Å². The maximum atomic E-state index is 12.4. The second kappa shape index (κ2) is 7.08. The normalized spacial score (nSPS) is 12.1. The minimum Gasteiger partial charge on any atom is -0.478 e. The third-order valence-electron chi connectivity index (χ3n) is 3.91. The van der Waals surface area contributed by atoms with Crippen LogP contribution in [0.25, 0.3) is 11.3 Å². The third-order valence-corrected chi connectivity index (χ3v) is 4.66. The zero-order chi connectivity index (χ0) is 18.8. The topological polar surface area (TPSA) is 115 Å². The van der Waals surface area contributed by atoms with Gasteiger partial charge in [0, 0.05) is 29.9 Å². The van der Waals surface area contributed by atoms with Crippen molar-refractivity contribution in [2.45, 2.75) is 33.4 Å². The van der Waals surface area contributed by atoms with E-state index < -0.39 is 12.0 Å². The monoisotopic (exact) mass is 374 g/mol. The minimum absolute atomic E-state index is 0.0320. The van der Waals surface area contributed by atoms with E-state index in [1.165, 1.54) is 28.4 Å². The second-order valence-corrected chi connectivity index (χ2v) is 6.56. The van der Waals surface area contributed by atoms with E-state index in [1.54, 1.807) is 6.92 Å². The molecule has 3 heterocycles. The van der Waals surface area contributed by atoms with Crippen LogP contribution in [0.5, 0.6) is 0 Å². The van der Waals surface area contributed by atoms with E-state index in [2.05, 4.69) is 20.5 Å². The highest BCUT2D eigenvalue weighted by Gasteiger charge is 2.19. The van der Waals surface area contributed by atoms with Crippen LogP contribution in [-0.2, 0) is 11.3 Å². The average molecular weight is 374 g/mol. The van der Waals surface area contributed by atoms with Crippen LogP contribution in [0.3, 0.4) is 0 Å². The van der Waals surface area contributed by atoms with Gasteiger partial charge in [-0.05, 0) is 20.8 Å². The molecule has 136 valence electrons. The summed E-state index contributed by atoms with van der Waals surface area (Å²) in [7, 11) is 0. The fourth-order valence-corrected chi connectivity index (χ4v) is 3.09. The molecule has 0 fully saturated rings. The molecule has 0 bridgehead atoms. The summed E-state index contributed by atoms with van der Waals surface area (Å²) in [5.74, 6) is -1.41. The summed E-state index contributed by atoms with van der Waals surface area (Å²) in [6.07, 6.45) is 4.46. The molecule has 3 aromatic heterocycles. The van der Waals surface area contributed by atoms with Gasteiger partial charge in [0.05, 0.1) is 23.1 Å². The second-order valence-electron chi connectivity index (χ2n) is 5.70. The Morgan fingerprint density at radius 3 is 2.77 bits per heavy atom. The maximum Gasteiger partial charge on any atom is 0.338 e. The number of aryl methyl sites for hydroxylation is 2. The predicted molar refractivity (Wildman–Crippen MR) is 96.3 cm³/mol. The van der Waals surface area contributed by atoms with Gasteiger partial charge in [0.15, 0.2) is 5.13 Å². The number of anilines is 1. The largest absolute Gasteiger partial charge is 0.478 e. The van der Waals surface area contributed by atoms with E-state index in [4.69, 9.17) is 5.11 Å². The van der Waals surface area contributed by atoms with Crippen molar-refractivity contribution >= 4 is 28.3 Å². The first kappa shape index (κ1) is 17.8. The first-order chi connectivity index (χ1) is 12.4. The van der Waals surface area contributed by atoms with Crippen LogP contribution < -0.4 is 5.32 Å². The maximum absolute atomic E-state index is 12.4. The van der Waals surface area contributed by atoms with Crippen LogP contribution in [-0.4, -0.2) is 41.5 Å². The first-order valence-electron chi connectivity index (χ1n) is 7.97. The molecule has 1 amide bonds. The number of nitrogens with one attached hydrogen (secondary N) is 1. The Kier molecular flexibility index (Phi) is 4.85. The van der Waals surface area contributed by atoms with Crippen LogP contribution in [0.4, 0.5) is 5.13 Å². The van der Waals surface area contributed by atoms with E-state index in [9.17, 15) is 9.59 Å². The molecule has 0 aliphatic carbocycles. The average Bonchev–Trinajstić information content (AvgIpc) is 3.32. The molecule has 0 aliphatic rings. The standard InChI is InChI=1S/C16H18N6O3S/c1-4-21-7-12(9(2)20-21)13-8-26-16(18-13)19-14(23)10(3)22-6-11(5-17-22)15(24)25/h5-8,10H,4H2,1-3H3,(H,24,25)(H,18,19,23). The highest BCUT2D eigenvalue weighted by molar-refractivity contribution is 7.14. The number of carboxylic acids is 1. The molecule has 2 N–H and O–H groups in total. The van der Waals surface area contributed by atoms with Gasteiger partial charge in [0.2, 0.25) is 0 Å². The number of nitrogens with zero attached hydrogens (tertiary/aromatic N) is 5. The Balaban J connectivity index is 1.72. The lowest BCUT2D eigenvalue weighted by Crippen LogP contribution is -2.24. The Hall–Kier alpha value is -3.01. The summed E-state index contributed by atoms with van der Waals surface area (Å²) in [5, 5.41) is 22.3. The molecular formula is C16H18N6O3S. The smallest absolute Gasteiger partial charge is 0.338 e. The van der Waals surface area contributed by atoms with E-state index in [0.717, 1.165) is 23.5 Å². The van der Waals surface area contributed by atoms with Crippen LogP contribution in [0, 0.1) is 6.92 Å². The SMILES string of the molecule is CCn1cc(-c2csc(NC(=O)C(C)n3cc(C(=O)O)cn3)n2)c(C)n1. The Morgan fingerprint density at radius 2 is 2.15 bits per heavy atom. The molecule has 3 rings (SSSR count). The van der Waals surface area contributed by atoms with Crippen LogP contribution in [0.1, 0.15) is 35.9 Å². The number of rotatable bonds is 6. The van der Waals surface area contributed by atoms with E-state index in [0.29, 0.717) is 5.13 Å². The quantitative estimate of drug-likeness (QED) is 0.685. The molecule has 0 saturated carbocycles. The summed E-state index contributed by atoms with van der Waals surface area (Å²) in [6.45, 7) is 6.33. The molecule has 0 aliphatic heterocycles. The van der Waals surface area contributed by atoms with Gasteiger partial charge in [0.25, 0.3) is 5.91 Å². The lowest BCUT2D eigenvalue weighted by molar-refractivity contribution is -0.119. The molecule has 0 spiro atoms. The first-order valence-corrected chi connectivity index (χ1v) is 8.85. The fraction of sp³-hybridized carbons (Fsp3) is 0.312. The third kappa shape index (κ3) is 3.49. The molecule has 0 radical (unpaired) electrons. The number of carboxylic acid groups (broad SMARTS) is 1. The molecule has 0 aromatic carbocycles. The van der Waals surface area contributed by atoms with Crippen LogP contribution in [0.15, 0.2) is 24.0 Å². The zero-order valence-corrected chi connectivity index (χ0v) is 15.3. The molecule has 10 heteroatoms. The molecular weight excluding hydrogens is 356 g/mol. The van der Waals surface area contributed by atoms with Crippen molar-refractivity contribution in [2.75, 3.05) is 5.32 Å². The van der Waals surface area contributed by atoms with Gasteiger partial charge < -0.3 is 10.4 Å². The number of aromatic carboxylic acids is 1. The number of hydrogen-bond donors (Lipinski definition) is 2. The number of amides is 1. The Morgan fingerprint density at radius 1 is 1.38 bits per heavy atom. The molecule has 1 atom stereocenters. The molecule has 9 nitrogen and oxygen atoms in total. The predicted octanol–water partition coefficient (Wildman–Crippen LogP) is 2.43. The van der Waals surface area contributed by atoms with Crippen molar-refractivity contribution in [3.63, 3.8) is 0 Å². The molecule has 1 unspecified atom stereocenters. The summed E-state index contributed by atoms with van der Waals surface area (Å²) in [4.78, 5) is 27.8. The van der Waals surface area contributed by atoms with Gasteiger partial charge in [-0.1, -0.05) is 0 Å². The number of carbonyl (C=O) groups is 2. The van der Waals surface area contributed by atoms with Crippen LogP contribution >= 0.6 is 11.3 Å². The fourth-order valence-electron chi connectivity index (χ4n) is 2.38.